The normalized spacial score (nSPS) is 12.0. The molecule has 3 aromatic rings. The van der Waals surface area contributed by atoms with Gasteiger partial charge in [-0.1, -0.05) is 30.8 Å². The first-order valence-electron chi connectivity index (χ1n) is 8.21. The first-order chi connectivity index (χ1) is 12.5. The van der Waals surface area contributed by atoms with Gasteiger partial charge in [-0.15, -0.1) is 10.2 Å². The van der Waals surface area contributed by atoms with Gasteiger partial charge in [0.15, 0.2) is 0 Å². The third-order valence-corrected chi connectivity index (χ3v) is 4.71. The summed E-state index contributed by atoms with van der Waals surface area (Å²) in [6, 6.07) is 13.5. The lowest BCUT2D eigenvalue weighted by Crippen LogP contribution is -2.22. The number of benzene rings is 2. The van der Waals surface area contributed by atoms with Crippen LogP contribution in [0.1, 0.15) is 19.4 Å². The zero-order valence-electron chi connectivity index (χ0n) is 14.4. The molecule has 0 fully saturated rings. The van der Waals surface area contributed by atoms with Gasteiger partial charge in [0.05, 0.1) is 5.25 Å². The summed E-state index contributed by atoms with van der Waals surface area (Å²) in [7, 11) is 0. The Balaban J connectivity index is 1.61. The van der Waals surface area contributed by atoms with Gasteiger partial charge in [-0.05, 0) is 55.3 Å². The Labute approximate surface area is 155 Å². The lowest BCUT2D eigenvalue weighted by molar-refractivity contribution is -0.115. The van der Waals surface area contributed by atoms with Gasteiger partial charge in [-0.2, -0.15) is 0 Å². The van der Waals surface area contributed by atoms with Gasteiger partial charge in [-0.3, -0.25) is 4.79 Å². The van der Waals surface area contributed by atoms with Crippen LogP contribution in [0.4, 0.5) is 10.1 Å². The molecule has 0 spiro atoms. The number of nitrogens with one attached hydrogen (secondary N) is 1. The van der Waals surface area contributed by atoms with Gasteiger partial charge >= 0.3 is 0 Å². The lowest BCUT2D eigenvalue weighted by atomic mass is 10.1. The lowest BCUT2D eigenvalue weighted by Gasteiger charge is -2.10. The number of rotatable bonds is 6. The van der Waals surface area contributed by atoms with Crippen molar-refractivity contribution in [1.82, 2.24) is 10.2 Å². The smallest absolute Gasteiger partial charge is 0.277 e. The van der Waals surface area contributed by atoms with E-state index in [1.165, 1.54) is 29.5 Å². The minimum Gasteiger partial charge on any atom is -0.411 e. The fourth-order valence-corrected chi connectivity index (χ4v) is 2.92. The molecule has 3 rings (SSSR count). The number of hydrogen-bond donors (Lipinski definition) is 1. The van der Waals surface area contributed by atoms with Crippen molar-refractivity contribution in [3.05, 3.63) is 59.9 Å². The number of carbonyl (C=O) groups excluding carboxylic acids is 1. The number of carbonyl (C=O) groups is 1. The molecule has 1 atom stereocenters. The molecule has 1 amide bonds. The third kappa shape index (κ3) is 4.49. The van der Waals surface area contributed by atoms with Gasteiger partial charge in [0, 0.05) is 11.3 Å². The van der Waals surface area contributed by atoms with Crippen LogP contribution in [-0.2, 0) is 11.2 Å². The molecule has 0 saturated carbocycles. The summed E-state index contributed by atoms with van der Waals surface area (Å²) in [6.45, 7) is 3.85. The van der Waals surface area contributed by atoms with E-state index in [0.29, 0.717) is 5.56 Å². The minimum absolute atomic E-state index is 0.152. The Morgan fingerprint density at radius 2 is 1.85 bits per heavy atom. The standard InChI is InChI=1S/C19H18FN3O2S/c1-3-13-4-10-16(11-5-13)21-17(24)12(2)26-19-23-22-18(25-19)14-6-8-15(20)9-7-14/h4-12H,3H2,1-2H3,(H,21,24). The van der Waals surface area contributed by atoms with Crippen LogP contribution in [0.5, 0.6) is 0 Å². The fourth-order valence-electron chi connectivity index (χ4n) is 2.24. The molecule has 26 heavy (non-hydrogen) atoms. The Bertz CT molecular complexity index is 879. The number of nitrogens with zero attached hydrogens (tertiary/aromatic N) is 2. The van der Waals surface area contributed by atoms with Gasteiger partial charge in [-0.25, -0.2) is 4.39 Å². The maximum atomic E-state index is 13.0. The second-order valence-corrected chi connectivity index (χ2v) is 6.97. The Morgan fingerprint density at radius 1 is 1.15 bits per heavy atom. The average molecular weight is 371 g/mol. The summed E-state index contributed by atoms with van der Waals surface area (Å²) in [5, 5.41) is 10.6. The second-order valence-electron chi connectivity index (χ2n) is 5.68. The molecule has 134 valence electrons. The molecule has 0 aliphatic heterocycles. The van der Waals surface area contributed by atoms with Crippen molar-refractivity contribution in [2.45, 2.75) is 30.7 Å². The number of thioether (sulfide) groups is 1. The highest BCUT2D eigenvalue weighted by atomic mass is 32.2. The summed E-state index contributed by atoms with van der Waals surface area (Å²) >= 11 is 1.17. The Morgan fingerprint density at radius 3 is 2.50 bits per heavy atom. The molecule has 0 aliphatic rings. The Hall–Kier alpha value is -2.67. The maximum Gasteiger partial charge on any atom is 0.277 e. The molecule has 5 nitrogen and oxygen atoms in total. The molecule has 0 radical (unpaired) electrons. The monoisotopic (exact) mass is 371 g/mol. The van der Waals surface area contributed by atoms with Crippen LogP contribution in [0.25, 0.3) is 11.5 Å². The number of aromatic nitrogens is 2. The van der Waals surface area contributed by atoms with Crippen LogP contribution in [-0.4, -0.2) is 21.4 Å². The van der Waals surface area contributed by atoms with Crippen molar-refractivity contribution in [3.8, 4) is 11.5 Å². The van der Waals surface area contributed by atoms with Crippen LogP contribution < -0.4 is 5.32 Å². The summed E-state index contributed by atoms with van der Waals surface area (Å²) in [5.41, 5.74) is 2.58. The fraction of sp³-hybridized carbons (Fsp3) is 0.211. The largest absolute Gasteiger partial charge is 0.411 e. The molecular weight excluding hydrogens is 353 g/mol. The van der Waals surface area contributed by atoms with Crippen LogP contribution >= 0.6 is 11.8 Å². The van der Waals surface area contributed by atoms with E-state index in [4.69, 9.17) is 4.42 Å². The highest BCUT2D eigenvalue weighted by Gasteiger charge is 2.19. The van der Waals surface area contributed by atoms with Crippen LogP contribution in [0.2, 0.25) is 0 Å². The van der Waals surface area contributed by atoms with E-state index in [1.54, 1.807) is 19.1 Å². The maximum absolute atomic E-state index is 13.0. The predicted molar refractivity (Wildman–Crippen MR) is 99.5 cm³/mol. The van der Waals surface area contributed by atoms with Gasteiger partial charge in [0.25, 0.3) is 5.22 Å². The zero-order valence-corrected chi connectivity index (χ0v) is 15.2. The highest BCUT2D eigenvalue weighted by molar-refractivity contribution is 8.00. The summed E-state index contributed by atoms with van der Waals surface area (Å²) in [6.07, 6.45) is 0.952. The molecule has 0 bridgehead atoms. The number of halogens is 1. The van der Waals surface area contributed by atoms with Crippen LogP contribution in [0.3, 0.4) is 0 Å². The first kappa shape index (κ1) is 18.1. The van der Waals surface area contributed by atoms with E-state index in [1.807, 2.05) is 24.3 Å². The molecule has 1 heterocycles. The quantitative estimate of drug-likeness (QED) is 0.644. The summed E-state index contributed by atoms with van der Waals surface area (Å²) < 4.78 is 18.5. The average Bonchev–Trinajstić information content (AvgIpc) is 3.11. The van der Waals surface area contributed by atoms with E-state index in [2.05, 4.69) is 22.4 Å². The van der Waals surface area contributed by atoms with E-state index in [9.17, 15) is 9.18 Å². The first-order valence-corrected chi connectivity index (χ1v) is 9.09. The van der Waals surface area contributed by atoms with Gasteiger partial charge in [0.2, 0.25) is 11.8 Å². The second kappa shape index (κ2) is 8.14. The number of aryl methyl sites for hydroxylation is 1. The molecule has 1 N–H and O–H groups in total. The van der Waals surface area contributed by atoms with Crippen molar-refractivity contribution < 1.29 is 13.6 Å². The van der Waals surface area contributed by atoms with Crippen LogP contribution in [0.15, 0.2) is 58.2 Å². The number of amides is 1. The molecule has 0 aliphatic carbocycles. The molecule has 1 unspecified atom stereocenters. The molecule has 0 saturated heterocycles. The number of hydrogen-bond acceptors (Lipinski definition) is 5. The summed E-state index contributed by atoms with van der Waals surface area (Å²) in [4.78, 5) is 12.3. The van der Waals surface area contributed by atoms with Gasteiger partial charge in [0.1, 0.15) is 5.82 Å². The van der Waals surface area contributed by atoms with Crippen LogP contribution in [0, 0.1) is 5.82 Å². The van der Waals surface area contributed by atoms with Gasteiger partial charge < -0.3 is 9.73 Å². The SMILES string of the molecule is CCc1ccc(NC(=O)C(C)Sc2nnc(-c3ccc(F)cc3)o2)cc1. The topological polar surface area (TPSA) is 68.0 Å². The van der Waals surface area contributed by atoms with Crippen molar-refractivity contribution in [1.29, 1.82) is 0 Å². The van der Waals surface area contributed by atoms with Crippen molar-refractivity contribution in [2.24, 2.45) is 0 Å². The molecular formula is C19H18FN3O2S. The molecule has 2 aromatic carbocycles. The molecule has 7 heteroatoms. The van der Waals surface area contributed by atoms with E-state index >= 15 is 0 Å². The molecule has 1 aromatic heterocycles. The third-order valence-electron chi connectivity index (χ3n) is 3.77. The van der Waals surface area contributed by atoms with E-state index < -0.39 is 5.25 Å². The predicted octanol–water partition coefficient (Wildman–Crippen LogP) is 4.56. The Kier molecular flexibility index (Phi) is 5.68. The highest BCUT2D eigenvalue weighted by Crippen LogP contribution is 2.27. The summed E-state index contributed by atoms with van der Waals surface area (Å²) in [5.74, 6) is -0.198. The van der Waals surface area contributed by atoms with E-state index in [0.717, 1.165) is 12.1 Å². The van der Waals surface area contributed by atoms with Crippen molar-refractivity contribution in [3.63, 3.8) is 0 Å². The number of anilines is 1. The zero-order chi connectivity index (χ0) is 18.5. The van der Waals surface area contributed by atoms with E-state index in [-0.39, 0.29) is 22.8 Å². The minimum atomic E-state index is -0.414. The van der Waals surface area contributed by atoms with Crippen molar-refractivity contribution in [2.75, 3.05) is 5.32 Å². The van der Waals surface area contributed by atoms with Crippen molar-refractivity contribution >= 4 is 23.4 Å².